The van der Waals surface area contributed by atoms with E-state index in [4.69, 9.17) is 4.74 Å². The molecule has 2 atom stereocenters. The summed E-state index contributed by atoms with van der Waals surface area (Å²) in [6.45, 7) is 1.52. The van der Waals surface area contributed by atoms with E-state index in [2.05, 4.69) is 5.32 Å². The molecule has 0 saturated heterocycles. The van der Waals surface area contributed by atoms with Gasteiger partial charge >= 0.3 is 5.97 Å². The minimum absolute atomic E-state index is 0.170. The number of halogens is 1. The van der Waals surface area contributed by atoms with E-state index in [-0.39, 0.29) is 17.7 Å². The number of hydrogen-bond acceptors (Lipinski definition) is 3. The van der Waals surface area contributed by atoms with Gasteiger partial charge in [-0.25, -0.2) is 4.39 Å². The van der Waals surface area contributed by atoms with E-state index < -0.39 is 12.0 Å². The molecule has 1 N–H and O–H groups in total. The van der Waals surface area contributed by atoms with Gasteiger partial charge in [-0.3, -0.25) is 9.59 Å². The predicted octanol–water partition coefficient (Wildman–Crippen LogP) is 3.05. The smallest absolute Gasteiger partial charge is 0.310 e. The van der Waals surface area contributed by atoms with Crippen LogP contribution in [-0.4, -0.2) is 18.0 Å². The van der Waals surface area contributed by atoms with Crippen LogP contribution in [0, 0.1) is 11.7 Å². The Balaban J connectivity index is 1.85. The Hall–Kier alpha value is -2.17. The van der Waals surface area contributed by atoms with Crippen molar-refractivity contribution in [3.63, 3.8) is 0 Å². The molecule has 1 aliphatic rings. The quantitative estimate of drug-likeness (QED) is 0.685. The van der Waals surface area contributed by atoms with Crippen LogP contribution in [0.1, 0.15) is 26.2 Å². The van der Waals surface area contributed by atoms with Crippen LogP contribution in [0.4, 0.5) is 10.1 Å². The number of allylic oxidation sites excluding steroid dienone is 2. The lowest BCUT2D eigenvalue weighted by Gasteiger charge is -2.19. The number of ether oxygens (including phenoxy) is 1. The average Bonchev–Trinajstić information content (AvgIpc) is 2.50. The Labute approximate surface area is 123 Å². The highest BCUT2D eigenvalue weighted by atomic mass is 19.1. The first-order valence-electron chi connectivity index (χ1n) is 6.98. The summed E-state index contributed by atoms with van der Waals surface area (Å²) in [5.74, 6) is -1.32. The molecule has 0 heterocycles. The van der Waals surface area contributed by atoms with Crippen LogP contribution >= 0.6 is 0 Å². The third kappa shape index (κ3) is 4.41. The van der Waals surface area contributed by atoms with Crippen molar-refractivity contribution in [1.29, 1.82) is 0 Å². The molecule has 1 aromatic carbocycles. The number of rotatable bonds is 4. The van der Waals surface area contributed by atoms with Crippen molar-refractivity contribution in [2.75, 3.05) is 5.32 Å². The van der Waals surface area contributed by atoms with Gasteiger partial charge in [0.05, 0.1) is 5.92 Å². The standard InChI is InChI=1S/C16H18FNO3/c1-11(21-16(20)12-5-3-2-4-6-12)15(19)18-14-9-7-13(17)8-10-14/h2-3,7-12H,4-6H2,1H3,(H,18,19)/t11-,12-/m1/s1. The number of carbonyl (C=O) groups excluding carboxylic acids is 2. The van der Waals surface area contributed by atoms with Crippen molar-refractivity contribution in [3.05, 3.63) is 42.2 Å². The van der Waals surface area contributed by atoms with Crippen molar-refractivity contribution < 1.29 is 18.7 Å². The maximum Gasteiger partial charge on any atom is 0.310 e. The van der Waals surface area contributed by atoms with Gasteiger partial charge in [0.2, 0.25) is 0 Å². The number of nitrogens with one attached hydrogen (secondary N) is 1. The first-order chi connectivity index (χ1) is 10.1. The van der Waals surface area contributed by atoms with E-state index in [1.807, 2.05) is 12.2 Å². The molecule has 4 nitrogen and oxygen atoms in total. The SMILES string of the molecule is C[C@@H](OC(=O)[C@@H]1CC=CCC1)C(=O)Nc1ccc(F)cc1. The van der Waals surface area contributed by atoms with Crippen LogP contribution in [0.3, 0.4) is 0 Å². The van der Waals surface area contributed by atoms with Crippen molar-refractivity contribution in [2.24, 2.45) is 5.92 Å². The van der Waals surface area contributed by atoms with E-state index in [0.29, 0.717) is 12.1 Å². The fourth-order valence-electron chi connectivity index (χ4n) is 2.11. The highest BCUT2D eigenvalue weighted by Crippen LogP contribution is 2.20. The molecule has 112 valence electrons. The van der Waals surface area contributed by atoms with Crippen molar-refractivity contribution in [1.82, 2.24) is 0 Å². The second-order valence-electron chi connectivity index (χ2n) is 5.06. The van der Waals surface area contributed by atoms with E-state index in [0.717, 1.165) is 12.8 Å². The monoisotopic (exact) mass is 291 g/mol. The maximum atomic E-state index is 12.8. The summed E-state index contributed by atoms with van der Waals surface area (Å²) < 4.78 is 18.0. The molecule has 0 saturated carbocycles. The number of amides is 1. The summed E-state index contributed by atoms with van der Waals surface area (Å²) in [7, 11) is 0. The summed E-state index contributed by atoms with van der Waals surface area (Å²) in [5, 5.41) is 2.58. The summed E-state index contributed by atoms with van der Waals surface area (Å²) in [5.41, 5.74) is 0.463. The van der Waals surface area contributed by atoms with Crippen LogP contribution in [0.5, 0.6) is 0 Å². The number of esters is 1. The normalized spacial score (nSPS) is 18.9. The van der Waals surface area contributed by atoms with Gasteiger partial charge in [0.25, 0.3) is 5.91 Å². The van der Waals surface area contributed by atoms with Crippen LogP contribution in [-0.2, 0) is 14.3 Å². The molecule has 2 rings (SSSR count). The van der Waals surface area contributed by atoms with Crippen molar-refractivity contribution in [2.45, 2.75) is 32.3 Å². The third-order valence-corrected chi connectivity index (χ3v) is 3.38. The van der Waals surface area contributed by atoms with Crippen LogP contribution in [0.2, 0.25) is 0 Å². The Morgan fingerprint density at radius 1 is 1.29 bits per heavy atom. The summed E-state index contributed by atoms with van der Waals surface area (Å²) >= 11 is 0. The molecular formula is C16H18FNO3. The number of hydrogen-bond donors (Lipinski definition) is 1. The van der Waals surface area contributed by atoms with Crippen LogP contribution < -0.4 is 5.32 Å². The largest absolute Gasteiger partial charge is 0.452 e. The van der Waals surface area contributed by atoms with Crippen molar-refractivity contribution >= 4 is 17.6 Å². The number of anilines is 1. The highest BCUT2D eigenvalue weighted by molar-refractivity contribution is 5.95. The van der Waals surface area contributed by atoms with Gasteiger partial charge in [0, 0.05) is 5.69 Å². The molecule has 21 heavy (non-hydrogen) atoms. The molecule has 0 fully saturated rings. The van der Waals surface area contributed by atoms with Gasteiger partial charge in [-0.2, -0.15) is 0 Å². The van der Waals surface area contributed by atoms with E-state index in [9.17, 15) is 14.0 Å². The molecule has 0 bridgehead atoms. The highest BCUT2D eigenvalue weighted by Gasteiger charge is 2.24. The molecule has 5 heteroatoms. The lowest BCUT2D eigenvalue weighted by molar-refractivity contribution is -0.157. The number of benzene rings is 1. The summed E-state index contributed by atoms with van der Waals surface area (Å²) in [6.07, 6.45) is 5.38. The number of carbonyl (C=O) groups is 2. The van der Waals surface area contributed by atoms with Gasteiger partial charge in [-0.05, 0) is 50.5 Å². The molecular weight excluding hydrogens is 273 g/mol. The van der Waals surface area contributed by atoms with Gasteiger partial charge in [0.1, 0.15) is 5.82 Å². The molecule has 0 spiro atoms. The Morgan fingerprint density at radius 2 is 2.00 bits per heavy atom. The molecule has 0 aromatic heterocycles. The molecule has 1 amide bonds. The van der Waals surface area contributed by atoms with Gasteiger partial charge in [-0.15, -0.1) is 0 Å². The summed E-state index contributed by atoms with van der Waals surface area (Å²) in [6, 6.07) is 5.41. The Kier molecular flexibility index (Phi) is 5.09. The lowest BCUT2D eigenvalue weighted by Crippen LogP contribution is -2.32. The molecule has 0 aliphatic heterocycles. The second kappa shape index (κ2) is 7.02. The zero-order valence-corrected chi connectivity index (χ0v) is 11.8. The Morgan fingerprint density at radius 3 is 2.62 bits per heavy atom. The average molecular weight is 291 g/mol. The van der Waals surface area contributed by atoms with Crippen LogP contribution in [0.25, 0.3) is 0 Å². The fourth-order valence-corrected chi connectivity index (χ4v) is 2.11. The first kappa shape index (κ1) is 15.2. The van der Waals surface area contributed by atoms with Gasteiger partial charge in [-0.1, -0.05) is 12.2 Å². The minimum atomic E-state index is -0.881. The van der Waals surface area contributed by atoms with Crippen molar-refractivity contribution in [3.8, 4) is 0 Å². The predicted molar refractivity (Wildman–Crippen MR) is 77.1 cm³/mol. The van der Waals surface area contributed by atoms with E-state index in [1.165, 1.54) is 31.2 Å². The molecule has 0 radical (unpaired) electrons. The zero-order valence-electron chi connectivity index (χ0n) is 11.8. The first-order valence-corrected chi connectivity index (χ1v) is 6.98. The van der Waals surface area contributed by atoms with E-state index in [1.54, 1.807) is 0 Å². The zero-order chi connectivity index (χ0) is 15.2. The molecule has 1 aliphatic carbocycles. The van der Waals surface area contributed by atoms with Gasteiger partial charge in [0.15, 0.2) is 6.10 Å². The Bertz CT molecular complexity index is 539. The third-order valence-electron chi connectivity index (χ3n) is 3.38. The van der Waals surface area contributed by atoms with Gasteiger partial charge < -0.3 is 10.1 Å². The lowest BCUT2D eigenvalue weighted by atomic mass is 9.95. The topological polar surface area (TPSA) is 55.4 Å². The fraction of sp³-hybridized carbons (Fsp3) is 0.375. The summed E-state index contributed by atoms with van der Waals surface area (Å²) in [4.78, 5) is 23.8. The maximum absolute atomic E-state index is 12.8. The second-order valence-corrected chi connectivity index (χ2v) is 5.06. The minimum Gasteiger partial charge on any atom is -0.452 e. The molecule has 1 aromatic rings. The van der Waals surface area contributed by atoms with Crippen LogP contribution in [0.15, 0.2) is 36.4 Å². The molecule has 0 unspecified atom stereocenters. The van der Waals surface area contributed by atoms with E-state index >= 15 is 0 Å².